The summed E-state index contributed by atoms with van der Waals surface area (Å²) in [4.78, 5) is 18.7. The summed E-state index contributed by atoms with van der Waals surface area (Å²) in [6.45, 7) is 1.53. The summed E-state index contributed by atoms with van der Waals surface area (Å²) in [7, 11) is 0. The van der Waals surface area contributed by atoms with Gasteiger partial charge in [0.1, 0.15) is 34.7 Å². The van der Waals surface area contributed by atoms with Gasteiger partial charge in [-0.25, -0.2) is 13.8 Å². The molecule has 1 aliphatic rings. The molecule has 3 aromatic rings. The second kappa shape index (κ2) is 8.06. The highest BCUT2D eigenvalue weighted by Gasteiger charge is 2.21. The minimum atomic E-state index is -0.504. The third-order valence-corrected chi connectivity index (χ3v) is 5.51. The average molecular weight is 400 g/mol. The number of carbonyl (C=O) groups is 1. The van der Waals surface area contributed by atoms with Crippen LogP contribution >= 0.6 is 11.3 Å². The van der Waals surface area contributed by atoms with E-state index in [2.05, 4.69) is 4.98 Å². The van der Waals surface area contributed by atoms with Crippen molar-refractivity contribution in [1.29, 1.82) is 0 Å². The predicted molar refractivity (Wildman–Crippen MR) is 103 cm³/mol. The Hall–Kier alpha value is -2.80. The van der Waals surface area contributed by atoms with Gasteiger partial charge in [0, 0.05) is 29.6 Å². The van der Waals surface area contributed by atoms with Crippen molar-refractivity contribution in [3.8, 4) is 16.3 Å². The Morgan fingerprint density at radius 1 is 1.11 bits per heavy atom. The number of likely N-dealkylation sites (tertiary alicyclic amines) is 1. The summed E-state index contributed by atoms with van der Waals surface area (Å²) in [5.74, 6) is -0.483. The van der Waals surface area contributed by atoms with Crippen LogP contribution in [0.15, 0.2) is 47.8 Å². The van der Waals surface area contributed by atoms with Crippen molar-refractivity contribution < 1.29 is 18.3 Å². The van der Waals surface area contributed by atoms with E-state index in [1.165, 1.54) is 11.3 Å². The number of carbonyl (C=O) groups excluding carboxylic acids is 1. The van der Waals surface area contributed by atoms with Crippen molar-refractivity contribution >= 4 is 17.2 Å². The molecule has 0 atom stereocenters. The molecule has 2 heterocycles. The van der Waals surface area contributed by atoms with E-state index in [9.17, 15) is 13.6 Å². The molecule has 0 unspecified atom stereocenters. The van der Waals surface area contributed by atoms with Crippen LogP contribution in [0.5, 0.6) is 5.75 Å². The maximum atomic E-state index is 13.7. The number of aromatic nitrogens is 1. The number of benzene rings is 2. The molecule has 2 aromatic carbocycles. The molecule has 1 fully saturated rings. The van der Waals surface area contributed by atoms with Gasteiger partial charge in [-0.2, -0.15) is 0 Å². The van der Waals surface area contributed by atoms with Crippen molar-refractivity contribution in [2.24, 2.45) is 0 Å². The van der Waals surface area contributed by atoms with Gasteiger partial charge < -0.3 is 9.64 Å². The molecule has 0 N–H and O–H groups in total. The van der Waals surface area contributed by atoms with Crippen molar-refractivity contribution in [3.63, 3.8) is 0 Å². The Morgan fingerprint density at radius 2 is 1.86 bits per heavy atom. The molecule has 1 amide bonds. The van der Waals surface area contributed by atoms with E-state index in [1.54, 1.807) is 17.5 Å². The number of thiazole rings is 1. The van der Waals surface area contributed by atoms with Crippen molar-refractivity contribution in [2.75, 3.05) is 13.1 Å². The topological polar surface area (TPSA) is 42.4 Å². The van der Waals surface area contributed by atoms with Gasteiger partial charge in [-0.1, -0.05) is 0 Å². The van der Waals surface area contributed by atoms with Gasteiger partial charge in [0.15, 0.2) is 0 Å². The number of rotatable bonds is 5. The van der Waals surface area contributed by atoms with Crippen LogP contribution in [-0.2, 0) is 6.61 Å². The highest BCUT2D eigenvalue weighted by atomic mass is 32.1. The molecule has 0 spiro atoms. The van der Waals surface area contributed by atoms with E-state index in [0.29, 0.717) is 11.4 Å². The summed E-state index contributed by atoms with van der Waals surface area (Å²) in [6.07, 6.45) is 2.09. The fraction of sp³-hybridized carbons (Fsp3) is 0.238. The van der Waals surface area contributed by atoms with Crippen LogP contribution < -0.4 is 4.74 Å². The molecule has 0 radical (unpaired) electrons. The maximum absolute atomic E-state index is 13.7. The van der Waals surface area contributed by atoms with Gasteiger partial charge in [-0.3, -0.25) is 4.79 Å². The second-order valence-corrected chi connectivity index (χ2v) is 7.44. The van der Waals surface area contributed by atoms with Crippen LogP contribution in [0.2, 0.25) is 0 Å². The fourth-order valence-corrected chi connectivity index (χ4v) is 3.90. The van der Waals surface area contributed by atoms with Crippen molar-refractivity contribution in [3.05, 3.63) is 70.7 Å². The number of halogens is 2. The molecule has 144 valence electrons. The molecule has 0 saturated carbocycles. The summed E-state index contributed by atoms with van der Waals surface area (Å²) < 4.78 is 32.4. The molecule has 1 aromatic heterocycles. The Labute approximate surface area is 165 Å². The van der Waals surface area contributed by atoms with Crippen LogP contribution in [0, 0.1) is 11.6 Å². The molecule has 28 heavy (non-hydrogen) atoms. The van der Waals surface area contributed by atoms with E-state index in [0.717, 1.165) is 54.7 Å². The quantitative estimate of drug-likeness (QED) is 0.612. The average Bonchev–Trinajstić information content (AvgIpc) is 3.41. The smallest absolute Gasteiger partial charge is 0.273 e. The van der Waals surface area contributed by atoms with Crippen LogP contribution in [0.1, 0.15) is 28.9 Å². The van der Waals surface area contributed by atoms with E-state index in [1.807, 2.05) is 17.0 Å². The SMILES string of the molecule is O=C(c1csc(-c2ccc(OCc3cc(F)ccc3F)cc2)n1)N1CCCC1. The van der Waals surface area contributed by atoms with Gasteiger partial charge in [0.05, 0.1) is 0 Å². The van der Waals surface area contributed by atoms with Crippen molar-refractivity contribution in [1.82, 2.24) is 9.88 Å². The molecule has 7 heteroatoms. The lowest BCUT2D eigenvalue weighted by Gasteiger charge is -2.12. The van der Waals surface area contributed by atoms with Gasteiger partial charge in [0.25, 0.3) is 5.91 Å². The predicted octanol–water partition coefficient (Wildman–Crippen LogP) is 4.90. The van der Waals surface area contributed by atoms with Gasteiger partial charge >= 0.3 is 0 Å². The van der Waals surface area contributed by atoms with Gasteiger partial charge in [0.2, 0.25) is 0 Å². The largest absolute Gasteiger partial charge is 0.489 e. The first-order valence-electron chi connectivity index (χ1n) is 9.02. The molecule has 1 saturated heterocycles. The molecule has 0 bridgehead atoms. The van der Waals surface area contributed by atoms with Crippen LogP contribution in [0.4, 0.5) is 8.78 Å². The molecule has 4 nitrogen and oxygen atoms in total. The standard InChI is InChI=1S/C21H18F2N2O2S/c22-16-5-8-18(23)15(11-16)12-27-17-6-3-14(4-7-17)20-24-19(13-28-20)21(26)25-9-1-2-10-25/h3-8,11,13H,1-2,9-10,12H2. The summed E-state index contributed by atoms with van der Waals surface area (Å²) >= 11 is 1.42. The number of ether oxygens (including phenoxy) is 1. The summed E-state index contributed by atoms with van der Waals surface area (Å²) in [5.41, 5.74) is 1.51. The highest BCUT2D eigenvalue weighted by Crippen LogP contribution is 2.27. The first-order valence-corrected chi connectivity index (χ1v) is 9.90. The first-order chi connectivity index (χ1) is 13.6. The number of hydrogen-bond acceptors (Lipinski definition) is 4. The molecular weight excluding hydrogens is 382 g/mol. The number of hydrogen-bond donors (Lipinski definition) is 0. The van der Waals surface area contributed by atoms with Crippen molar-refractivity contribution in [2.45, 2.75) is 19.4 Å². The number of nitrogens with zero attached hydrogens (tertiary/aromatic N) is 2. The molecular formula is C21H18F2N2O2S. The normalized spacial score (nSPS) is 13.7. The maximum Gasteiger partial charge on any atom is 0.273 e. The first kappa shape index (κ1) is 18.6. The van der Waals surface area contributed by atoms with Crippen LogP contribution in [0.3, 0.4) is 0 Å². The minimum absolute atomic E-state index is 0.0166. The Balaban J connectivity index is 1.42. The van der Waals surface area contributed by atoms with Gasteiger partial charge in [-0.05, 0) is 55.3 Å². The lowest BCUT2D eigenvalue weighted by atomic mass is 10.2. The summed E-state index contributed by atoms with van der Waals surface area (Å²) in [6, 6.07) is 10.4. The molecule has 0 aliphatic carbocycles. The Bertz CT molecular complexity index is 982. The summed E-state index contributed by atoms with van der Waals surface area (Å²) in [5, 5.41) is 2.54. The van der Waals surface area contributed by atoms with E-state index < -0.39 is 11.6 Å². The Kier molecular flexibility index (Phi) is 5.34. The van der Waals surface area contributed by atoms with Gasteiger partial charge in [-0.15, -0.1) is 11.3 Å². The zero-order valence-corrected chi connectivity index (χ0v) is 15.8. The zero-order valence-electron chi connectivity index (χ0n) is 15.0. The third kappa shape index (κ3) is 4.04. The number of amides is 1. The second-order valence-electron chi connectivity index (χ2n) is 6.59. The van der Waals surface area contributed by atoms with E-state index in [4.69, 9.17) is 4.74 Å². The van der Waals surface area contributed by atoms with Crippen LogP contribution in [-0.4, -0.2) is 28.9 Å². The fourth-order valence-electron chi connectivity index (χ4n) is 3.10. The molecule has 1 aliphatic heterocycles. The highest BCUT2D eigenvalue weighted by molar-refractivity contribution is 7.13. The minimum Gasteiger partial charge on any atom is -0.489 e. The monoisotopic (exact) mass is 400 g/mol. The third-order valence-electron chi connectivity index (χ3n) is 4.62. The lowest BCUT2D eigenvalue weighted by molar-refractivity contribution is 0.0788. The molecule has 4 rings (SSSR count). The Morgan fingerprint density at radius 3 is 2.61 bits per heavy atom. The zero-order chi connectivity index (χ0) is 19.5. The lowest BCUT2D eigenvalue weighted by Crippen LogP contribution is -2.27. The van der Waals surface area contributed by atoms with Crippen LogP contribution in [0.25, 0.3) is 10.6 Å². The van der Waals surface area contributed by atoms with E-state index in [-0.39, 0.29) is 18.1 Å². The van der Waals surface area contributed by atoms with E-state index >= 15 is 0 Å².